The molecule has 0 aromatic carbocycles. The van der Waals surface area contributed by atoms with Gasteiger partial charge in [0.25, 0.3) is 0 Å². The maximum atomic E-state index is 9.00. The molecule has 0 aliphatic heterocycles. The van der Waals surface area contributed by atoms with Gasteiger partial charge in [-0.25, -0.2) is 0 Å². The van der Waals surface area contributed by atoms with E-state index in [1.165, 1.54) is 32.1 Å². The molecule has 0 heterocycles. The fraction of sp³-hybridized carbons (Fsp3) is 0.917. The van der Waals surface area contributed by atoms with Crippen molar-refractivity contribution in [2.45, 2.75) is 56.2 Å². The molecular formula is C12H22N2S. The molecule has 0 aromatic rings. The zero-order valence-electron chi connectivity index (χ0n) is 9.88. The van der Waals surface area contributed by atoms with Gasteiger partial charge in [0.15, 0.2) is 0 Å². The van der Waals surface area contributed by atoms with Crippen molar-refractivity contribution in [2.24, 2.45) is 0 Å². The van der Waals surface area contributed by atoms with E-state index in [0.29, 0.717) is 0 Å². The summed E-state index contributed by atoms with van der Waals surface area (Å²) in [5.74, 6) is 1.11. The van der Waals surface area contributed by atoms with Crippen LogP contribution in [0.25, 0.3) is 0 Å². The summed E-state index contributed by atoms with van der Waals surface area (Å²) in [5.41, 5.74) is -0.332. The van der Waals surface area contributed by atoms with Crippen molar-refractivity contribution < 1.29 is 0 Å². The van der Waals surface area contributed by atoms with Gasteiger partial charge in [0.05, 0.1) is 6.07 Å². The number of nitriles is 1. The molecule has 3 heteroatoms. The van der Waals surface area contributed by atoms with E-state index >= 15 is 0 Å². The van der Waals surface area contributed by atoms with Crippen LogP contribution in [0.4, 0.5) is 0 Å². The summed E-state index contributed by atoms with van der Waals surface area (Å²) >= 11 is 2.06. The van der Waals surface area contributed by atoms with Crippen molar-refractivity contribution in [1.82, 2.24) is 5.32 Å². The first kappa shape index (κ1) is 12.9. The van der Waals surface area contributed by atoms with Crippen molar-refractivity contribution in [3.05, 3.63) is 0 Å². The molecule has 0 bridgehead atoms. The molecule has 0 spiro atoms. The minimum absolute atomic E-state index is 0.332. The van der Waals surface area contributed by atoms with E-state index < -0.39 is 0 Å². The van der Waals surface area contributed by atoms with Gasteiger partial charge in [-0.05, 0) is 39.0 Å². The van der Waals surface area contributed by atoms with Gasteiger partial charge in [0.1, 0.15) is 5.54 Å². The van der Waals surface area contributed by atoms with Crippen LogP contribution < -0.4 is 5.32 Å². The molecule has 1 aliphatic rings. The Balaban J connectivity index is 2.17. The van der Waals surface area contributed by atoms with Crippen LogP contribution in [0.5, 0.6) is 0 Å². The molecule has 0 saturated heterocycles. The van der Waals surface area contributed by atoms with E-state index in [1.807, 2.05) is 14.0 Å². The van der Waals surface area contributed by atoms with Gasteiger partial charge in [0, 0.05) is 5.25 Å². The minimum Gasteiger partial charge on any atom is -0.303 e. The summed E-state index contributed by atoms with van der Waals surface area (Å²) in [6, 6.07) is 2.34. The minimum atomic E-state index is -0.332. The van der Waals surface area contributed by atoms with Crippen LogP contribution in [-0.4, -0.2) is 23.6 Å². The van der Waals surface area contributed by atoms with Gasteiger partial charge in [-0.15, -0.1) is 0 Å². The molecule has 1 unspecified atom stereocenters. The summed E-state index contributed by atoms with van der Waals surface area (Å²) in [7, 11) is 1.87. The van der Waals surface area contributed by atoms with Gasteiger partial charge < -0.3 is 5.32 Å². The van der Waals surface area contributed by atoms with Gasteiger partial charge in [-0.1, -0.05) is 19.3 Å². The van der Waals surface area contributed by atoms with Crippen LogP contribution in [0.15, 0.2) is 0 Å². The molecule has 1 saturated carbocycles. The largest absolute Gasteiger partial charge is 0.303 e. The summed E-state index contributed by atoms with van der Waals surface area (Å²) < 4.78 is 0. The molecule has 0 radical (unpaired) electrons. The van der Waals surface area contributed by atoms with E-state index in [9.17, 15) is 0 Å². The average Bonchev–Trinajstić information content (AvgIpc) is 2.30. The lowest BCUT2D eigenvalue weighted by Gasteiger charge is -2.24. The molecule has 1 aliphatic carbocycles. The number of hydrogen-bond donors (Lipinski definition) is 1. The van der Waals surface area contributed by atoms with E-state index in [2.05, 4.69) is 23.1 Å². The number of nitrogens with one attached hydrogen (secondary N) is 1. The monoisotopic (exact) mass is 226 g/mol. The Kier molecular flexibility index (Phi) is 5.49. The lowest BCUT2D eigenvalue weighted by atomic mass is 10.0. The van der Waals surface area contributed by atoms with E-state index in [4.69, 9.17) is 5.26 Å². The third-order valence-corrected chi connectivity index (χ3v) is 4.69. The molecule has 0 aromatic heterocycles. The maximum absolute atomic E-state index is 9.00. The van der Waals surface area contributed by atoms with Crippen molar-refractivity contribution in [3.63, 3.8) is 0 Å². The van der Waals surface area contributed by atoms with Crippen LogP contribution in [-0.2, 0) is 0 Å². The third kappa shape index (κ3) is 4.44. The van der Waals surface area contributed by atoms with Crippen molar-refractivity contribution in [2.75, 3.05) is 12.8 Å². The topological polar surface area (TPSA) is 35.8 Å². The van der Waals surface area contributed by atoms with E-state index in [-0.39, 0.29) is 5.54 Å². The Morgan fingerprint density at radius 1 is 1.40 bits per heavy atom. The summed E-state index contributed by atoms with van der Waals surface area (Å²) in [6.07, 6.45) is 7.93. The summed E-state index contributed by atoms with van der Waals surface area (Å²) in [4.78, 5) is 0. The average molecular weight is 226 g/mol. The third-order valence-electron chi connectivity index (χ3n) is 3.31. The Morgan fingerprint density at radius 3 is 2.60 bits per heavy atom. The fourth-order valence-corrected chi connectivity index (χ4v) is 3.42. The van der Waals surface area contributed by atoms with Crippen LogP contribution >= 0.6 is 11.8 Å². The standard InChI is InChI=1S/C12H22N2S/c1-12(10-13,14-2)8-9-15-11-6-4-3-5-7-11/h11,14H,3-9H2,1-2H3. The van der Waals surface area contributed by atoms with Gasteiger partial charge >= 0.3 is 0 Å². The second-order valence-electron chi connectivity index (χ2n) is 4.57. The normalized spacial score (nSPS) is 21.9. The van der Waals surface area contributed by atoms with Gasteiger partial charge in [-0.2, -0.15) is 17.0 Å². The smallest absolute Gasteiger partial charge is 0.104 e. The molecule has 86 valence electrons. The van der Waals surface area contributed by atoms with Crippen molar-refractivity contribution in [1.29, 1.82) is 5.26 Å². The zero-order chi connectivity index (χ0) is 11.1. The summed E-state index contributed by atoms with van der Waals surface area (Å²) in [6.45, 7) is 1.98. The Labute approximate surface area is 97.8 Å². The number of rotatable bonds is 5. The van der Waals surface area contributed by atoms with Gasteiger partial charge in [0.2, 0.25) is 0 Å². The lowest BCUT2D eigenvalue weighted by molar-refractivity contribution is 0.477. The highest BCUT2D eigenvalue weighted by Crippen LogP contribution is 2.29. The van der Waals surface area contributed by atoms with Crippen LogP contribution in [0, 0.1) is 11.3 Å². The Morgan fingerprint density at radius 2 is 2.07 bits per heavy atom. The highest BCUT2D eigenvalue weighted by atomic mass is 32.2. The van der Waals surface area contributed by atoms with Crippen LogP contribution in [0.3, 0.4) is 0 Å². The predicted molar refractivity (Wildman–Crippen MR) is 67.0 cm³/mol. The molecule has 0 amide bonds. The fourth-order valence-electron chi connectivity index (χ4n) is 1.90. The van der Waals surface area contributed by atoms with E-state index in [0.717, 1.165) is 17.4 Å². The first-order valence-electron chi connectivity index (χ1n) is 5.92. The zero-order valence-corrected chi connectivity index (χ0v) is 10.7. The second-order valence-corrected chi connectivity index (χ2v) is 5.98. The van der Waals surface area contributed by atoms with Crippen molar-refractivity contribution in [3.8, 4) is 6.07 Å². The molecule has 1 N–H and O–H groups in total. The molecular weight excluding hydrogens is 204 g/mol. The highest BCUT2D eigenvalue weighted by Gasteiger charge is 2.21. The lowest BCUT2D eigenvalue weighted by Crippen LogP contribution is -2.38. The quantitative estimate of drug-likeness (QED) is 0.783. The predicted octanol–water partition coefficient (Wildman–Crippen LogP) is 2.94. The van der Waals surface area contributed by atoms with E-state index in [1.54, 1.807) is 0 Å². The second kappa shape index (κ2) is 6.40. The SMILES string of the molecule is CNC(C)(C#N)CCSC1CCCCC1. The van der Waals surface area contributed by atoms with Crippen LogP contribution in [0.1, 0.15) is 45.4 Å². The molecule has 1 rings (SSSR count). The molecule has 1 atom stereocenters. The Bertz CT molecular complexity index is 218. The first-order valence-corrected chi connectivity index (χ1v) is 6.97. The first-order chi connectivity index (χ1) is 7.20. The van der Waals surface area contributed by atoms with Crippen molar-refractivity contribution >= 4 is 11.8 Å². The maximum Gasteiger partial charge on any atom is 0.104 e. The number of nitrogens with zero attached hydrogens (tertiary/aromatic N) is 1. The molecule has 1 fully saturated rings. The summed E-state index contributed by atoms with van der Waals surface area (Å²) in [5, 5.41) is 13.0. The van der Waals surface area contributed by atoms with Gasteiger partial charge in [-0.3, -0.25) is 0 Å². The molecule has 15 heavy (non-hydrogen) atoms. The Hall–Kier alpha value is -0.200. The number of hydrogen-bond acceptors (Lipinski definition) is 3. The number of thioether (sulfide) groups is 1. The highest BCUT2D eigenvalue weighted by molar-refractivity contribution is 7.99. The molecule has 2 nitrogen and oxygen atoms in total. The van der Waals surface area contributed by atoms with Crippen LogP contribution in [0.2, 0.25) is 0 Å².